The highest BCUT2D eigenvalue weighted by Gasteiger charge is 2.11. The molecule has 2 aromatic heterocycles. The van der Waals surface area contributed by atoms with Gasteiger partial charge in [0.25, 0.3) is 0 Å². The van der Waals surface area contributed by atoms with E-state index in [9.17, 15) is 0 Å². The molecule has 2 rings (SSSR count). The highest BCUT2D eigenvalue weighted by molar-refractivity contribution is 7.10. The van der Waals surface area contributed by atoms with Crippen molar-refractivity contribution in [3.8, 4) is 6.07 Å². The summed E-state index contributed by atoms with van der Waals surface area (Å²) >= 11 is 1.77. The zero-order valence-electron chi connectivity index (χ0n) is 10.3. The van der Waals surface area contributed by atoms with Crippen molar-refractivity contribution in [2.75, 3.05) is 0 Å². The van der Waals surface area contributed by atoms with Crippen LogP contribution in [0.5, 0.6) is 0 Å². The van der Waals surface area contributed by atoms with Gasteiger partial charge in [-0.2, -0.15) is 5.26 Å². The molecule has 0 spiro atoms. The molecule has 0 radical (unpaired) electrons. The van der Waals surface area contributed by atoms with Gasteiger partial charge in [-0.3, -0.25) is 0 Å². The molecule has 0 aliphatic carbocycles. The summed E-state index contributed by atoms with van der Waals surface area (Å²) in [6.07, 6.45) is 2.24. The molecule has 0 fully saturated rings. The normalized spacial score (nSPS) is 12.2. The second-order valence-electron chi connectivity index (χ2n) is 4.12. The number of nitriles is 1. The Morgan fingerprint density at radius 2 is 2.33 bits per heavy atom. The van der Waals surface area contributed by atoms with Gasteiger partial charge in [0, 0.05) is 10.9 Å². The maximum Gasteiger partial charge on any atom is 0.203 e. The fourth-order valence-electron chi connectivity index (χ4n) is 1.88. The van der Waals surface area contributed by atoms with Crippen molar-refractivity contribution >= 4 is 11.3 Å². The predicted molar refractivity (Wildman–Crippen MR) is 72.2 cm³/mol. The standard InChI is InChI=1S/C14H16N2OS/c1-2-4-13(14-5-3-8-18-14)16-10-12-7-6-11(9-15)17-12/h3,5-8,13,16H,2,4,10H2,1H3. The van der Waals surface area contributed by atoms with Crippen LogP contribution in [0, 0.1) is 11.3 Å². The van der Waals surface area contributed by atoms with E-state index in [4.69, 9.17) is 9.68 Å². The summed E-state index contributed by atoms with van der Waals surface area (Å²) in [5.41, 5.74) is 0. The van der Waals surface area contributed by atoms with Crippen LogP contribution in [0.15, 0.2) is 34.1 Å². The average molecular weight is 260 g/mol. The Balaban J connectivity index is 1.96. The van der Waals surface area contributed by atoms with Crippen molar-refractivity contribution in [3.63, 3.8) is 0 Å². The van der Waals surface area contributed by atoms with Crippen molar-refractivity contribution in [2.45, 2.75) is 32.4 Å². The van der Waals surface area contributed by atoms with E-state index >= 15 is 0 Å². The van der Waals surface area contributed by atoms with Gasteiger partial charge in [-0.1, -0.05) is 19.4 Å². The number of nitrogens with one attached hydrogen (secondary N) is 1. The third kappa shape index (κ3) is 3.22. The van der Waals surface area contributed by atoms with Crippen molar-refractivity contribution in [1.29, 1.82) is 5.26 Å². The molecule has 94 valence electrons. The molecule has 1 atom stereocenters. The van der Waals surface area contributed by atoms with Gasteiger partial charge in [-0.25, -0.2) is 0 Å². The molecule has 0 saturated heterocycles. The van der Waals surface area contributed by atoms with Crippen LogP contribution in [-0.2, 0) is 6.54 Å². The van der Waals surface area contributed by atoms with E-state index in [-0.39, 0.29) is 0 Å². The minimum atomic E-state index is 0.366. The van der Waals surface area contributed by atoms with Crippen LogP contribution >= 0.6 is 11.3 Å². The minimum Gasteiger partial charge on any atom is -0.449 e. The van der Waals surface area contributed by atoms with Crippen molar-refractivity contribution in [3.05, 3.63) is 46.0 Å². The Kier molecular flexibility index (Phi) is 4.57. The molecule has 2 heterocycles. The van der Waals surface area contributed by atoms with Crippen molar-refractivity contribution in [1.82, 2.24) is 5.32 Å². The predicted octanol–water partition coefficient (Wildman–Crippen LogP) is 3.84. The summed E-state index contributed by atoms with van der Waals surface area (Å²) in [4.78, 5) is 1.35. The Bertz CT molecular complexity index is 510. The van der Waals surface area contributed by atoms with Gasteiger partial charge in [0.15, 0.2) is 0 Å². The summed E-state index contributed by atoms with van der Waals surface area (Å²) in [5.74, 6) is 1.18. The first-order chi connectivity index (χ1) is 8.83. The third-order valence-corrected chi connectivity index (χ3v) is 3.74. The van der Waals surface area contributed by atoms with Gasteiger partial charge in [-0.05, 0) is 30.0 Å². The van der Waals surface area contributed by atoms with E-state index in [1.807, 2.05) is 12.1 Å². The fraction of sp³-hybridized carbons (Fsp3) is 0.357. The molecule has 0 aliphatic heterocycles. The molecular formula is C14H16N2OS. The topological polar surface area (TPSA) is 49.0 Å². The molecule has 0 amide bonds. The first kappa shape index (κ1) is 12.9. The number of nitrogens with zero attached hydrogens (tertiary/aromatic N) is 1. The first-order valence-corrected chi connectivity index (χ1v) is 6.97. The summed E-state index contributed by atoms with van der Waals surface area (Å²) < 4.78 is 5.36. The van der Waals surface area contributed by atoms with Crippen LogP contribution < -0.4 is 5.32 Å². The SMILES string of the molecule is CCCC(NCc1ccc(C#N)o1)c1cccs1. The van der Waals surface area contributed by atoms with E-state index in [0.29, 0.717) is 18.3 Å². The summed E-state index contributed by atoms with van der Waals surface area (Å²) in [6.45, 7) is 2.84. The molecule has 3 nitrogen and oxygen atoms in total. The Morgan fingerprint density at radius 3 is 2.94 bits per heavy atom. The average Bonchev–Trinajstić information content (AvgIpc) is 3.05. The summed E-state index contributed by atoms with van der Waals surface area (Å²) in [6, 6.07) is 10.1. The van der Waals surface area contributed by atoms with Crippen molar-refractivity contribution in [2.24, 2.45) is 0 Å². The maximum atomic E-state index is 8.70. The molecule has 0 saturated carbocycles. The Labute approximate surface area is 111 Å². The Morgan fingerprint density at radius 1 is 1.44 bits per heavy atom. The number of rotatable bonds is 6. The molecule has 2 aromatic rings. The summed E-state index contributed by atoms with van der Waals surface area (Å²) in [7, 11) is 0. The quantitative estimate of drug-likeness (QED) is 0.858. The van der Waals surface area contributed by atoms with Crippen LogP contribution in [0.3, 0.4) is 0 Å². The zero-order valence-corrected chi connectivity index (χ0v) is 11.2. The highest BCUT2D eigenvalue weighted by atomic mass is 32.1. The van der Waals surface area contributed by atoms with Gasteiger partial charge >= 0.3 is 0 Å². The van der Waals surface area contributed by atoms with E-state index in [1.54, 1.807) is 17.4 Å². The number of hydrogen-bond acceptors (Lipinski definition) is 4. The lowest BCUT2D eigenvalue weighted by molar-refractivity contribution is 0.432. The van der Waals surface area contributed by atoms with E-state index in [0.717, 1.165) is 18.6 Å². The second kappa shape index (κ2) is 6.39. The molecule has 1 unspecified atom stereocenters. The minimum absolute atomic E-state index is 0.366. The van der Waals surface area contributed by atoms with E-state index in [1.165, 1.54) is 4.88 Å². The molecular weight excluding hydrogens is 244 g/mol. The summed E-state index contributed by atoms with van der Waals surface area (Å²) in [5, 5.41) is 14.3. The van der Waals surface area contributed by atoms with Gasteiger partial charge in [0.05, 0.1) is 6.54 Å². The van der Waals surface area contributed by atoms with Crippen LogP contribution in [0.1, 0.15) is 42.2 Å². The maximum absolute atomic E-state index is 8.70. The van der Waals surface area contributed by atoms with Crippen molar-refractivity contribution < 1.29 is 4.42 Å². The molecule has 0 aliphatic rings. The Hall–Kier alpha value is -1.57. The van der Waals surface area contributed by atoms with E-state index < -0.39 is 0 Å². The zero-order chi connectivity index (χ0) is 12.8. The number of hydrogen-bond donors (Lipinski definition) is 1. The number of thiophene rings is 1. The van der Waals surface area contributed by atoms with Gasteiger partial charge in [0.2, 0.25) is 5.76 Å². The van der Waals surface area contributed by atoms with Gasteiger partial charge in [-0.15, -0.1) is 11.3 Å². The van der Waals surface area contributed by atoms with Gasteiger partial charge in [0.1, 0.15) is 11.8 Å². The molecule has 18 heavy (non-hydrogen) atoms. The van der Waals surface area contributed by atoms with Crippen LogP contribution in [0.2, 0.25) is 0 Å². The lowest BCUT2D eigenvalue weighted by Crippen LogP contribution is -2.19. The molecule has 4 heteroatoms. The van der Waals surface area contributed by atoms with Crippen LogP contribution in [0.4, 0.5) is 0 Å². The number of furan rings is 1. The largest absolute Gasteiger partial charge is 0.449 e. The lowest BCUT2D eigenvalue weighted by Gasteiger charge is -2.15. The smallest absolute Gasteiger partial charge is 0.203 e. The molecule has 1 N–H and O–H groups in total. The van der Waals surface area contributed by atoms with Crippen LogP contribution in [-0.4, -0.2) is 0 Å². The van der Waals surface area contributed by atoms with Gasteiger partial charge < -0.3 is 9.73 Å². The van der Waals surface area contributed by atoms with E-state index in [2.05, 4.69) is 29.8 Å². The molecule has 0 bridgehead atoms. The lowest BCUT2D eigenvalue weighted by atomic mass is 10.1. The monoisotopic (exact) mass is 260 g/mol. The highest BCUT2D eigenvalue weighted by Crippen LogP contribution is 2.23. The first-order valence-electron chi connectivity index (χ1n) is 6.09. The van der Waals surface area contributed by atoms with Crippen LogP contribution in [0.25, 0.3) is 0 Å². The third-order valence-electron chi connectivity index (χ3n) is 2.76. The fourth-order valence-corrected chi connectivity index (χ4v) is 2.72. The second-order valence-corrected chi connectivity index (χ2v) is 5.09. The molecule has 0 aromatic carbocycles.